The SMILES string of the molecule is CC1(C)O[C@H]2CC(=O)OC[C@@]23[C@@H]1C(=O)[C@H](OC(=O)/C=C/c1ccc(O)cc1)[C@]1(C)[C@@H]3CC[C@@]2(C)[C@H](c3ccoc3)OC(=O)[C@H]3O[C@@]312. The van der Waals surface area contributed by atoms with E-state index in [1.54, 1.807) is 30.5 Å². The molecule has 2 aliphatic carbocycles. The van der Waals surface area contributed by atoms with E-state index in [-0.39, 0.29) is 24.6 Å². The molecule has 0 unspecified atom stereocenters. The minimum absolute atomic E-state index is 0.00610. The molecule has 46 heavy (non-hydrogen) atoms. The van der Waals surface area contributed by atoms with E-state index in [0.717, 1.165) is 0 Å². The number of cyclic esters (lactones) is 2. The summed E-state index contributed by atoms with van der Waals surface area (Å²) in [4.78, 5) is 54.9. The lowest BCUT2D eigenvalue weighted by Gasteiger charge is -2.66. The molecular formula is C35H36O11. The standard InChI is InChI=1S/C35H36O11/c1-31(2)26-25(39)28(43-23(37)10-7-18-5-8-20(36)9-6-18)33(4)21(34(26)17-42-24(38)15-22(34)45-31)11-13-32(3)27(19-12-14-41-16-19)44-30(40)29-35(32,33)46-29/h5-10,12,14,16,21-22,26-29,36H,11,13,15,17H2,1-4H3/b10-7+/t21-,22-,26+,27-,28-,29+,32-,33-,34-,35+/m0/s1. The number of epoxide rings is 1. The number of furan rings is 1. The Kier molecular flexibility index (Phi) is 5.96. The third-order valence-corrected chi connectivity index (χ3v) is 12.2. The monoisotopic (exact) mass is 632 g/mol. The molecule has 8 rings (SSSR count). The largest absolute Gasteiger partial charge is 0.508 e. The van der Waals surface area contributed by atoms with Crippen LogP contribution < -0.4 is 0 Å². The van der Waals surface area contributed by atoms with Crippen LogP contribution in [-0.2, 0) is 42.9 Å². The molecule has 10 atom stereocenters. The van der Waals surface area contributed by atoms with Crippen molar-refractivity contribution in [2.45, 2.75) is 82.6 Å². The summed E-state index contributed by atoms with van der Waals surface area (Å²) < 4.78 is 36.5. The van der Waals surface area contributed by atoms with Crippen molar-refractivity contribution >= 4 is 29.8 Å². The van der Waals surface area contributed by atoms with Crippen molar-refractivity contribution in [3.63, 3.8) is 0 Å². The Bertz CT molecular complexity index is 1680. The average molecular weight is 633 g/mol. The van der Waals surface area contributed by atoms with Gasteiger partial charge in [-0.25, -0.2) is 9.59 Å². The molecule has 6 aliphatic rings. The van der Waals surface area contributed by atoms with Gasteiger partial charge in [-0.05, 0) is 62.4 Å². The number of hydrogen-bond donors (Lipinski definition) is 1. The zero-order valence-electron chi connectivity index (χ0n) is 26.0. The molecule has 1 N–H and O–H groups in total. The number of phenolic OH excluding ortho intramolecular Hbond substituents is 1. The van der Waals surface area contributed by atoms with E-state index in [1.165, 1.54) is 24.5 Å². The van der Waals surface area contributed by atoms with Gasteiger partial charge in [0.05, 0.1) is 36.6 Å². The molecule has 2 saturated carbocycles. The summed E-state index contributed by atoms with van der Waals surface area (Å²) in [7, 11) is 0. The Morgan fingerprint density at radius 3 is 2.50 bits per heavy atom. The molecule has 2 spiro atoms. The summed E-state index contributed by atoms with van der Waals surface area (Å²) in [5.74, 6) is -3.09. The van der Waals surface area contributed by atoms with Crippen LogP contribution in [0.15, 0.2) is 53.4 Å². The van der Waals surface area contributed by atoms with Crippen LogP contribution in [0.3, 0.4) is 0 Å². The van der Waals surface area contributed by atoms with Crippen LogP contribution in [0.25, 0.3) is 6.08 Å². The smallest absolute Gasteiger partial charge is 0.339 e. The molecule has 1 aromatic heterocycles. The lowest BCUT2D eigenvalue weighted by atomic mass is 9.36. The summed E-state index contributed by atoms with van der Waals surface area (Å²) in [6.45, 7) is 7.54. The van der Waals surface area contributed by atoms with E-state index in [2.05, 4.69) is 0 Å². The maximum atomic E-state index is 15.1. The molecule has 5 heterocycles. The molecule has 0 radical (unpaired) electrons. The summed E-state index contributed by atoms with van der Waals surface area (Å²) >= 11 is 0. The number of rotatable bonds is 4. The first-order valence-electron chi connectivity index (χ1n) is 15.7. The van der Waals surface area contributed by atoms with Gasteiger partial charge in [0.25, 0.3) is 0 Å². The van der Waals surface area contributed by atoms with Gasteiger partial charge in [0.2, 0.25) is 0 Å². The van der Waals surface area contributed by atoms with Gasteiger partial charge in [0.1, 0.15) is 24.1 Å². The van der Waals surface area contributed by atoms with Crippen LogP contribution >= 0.6 is 0 Å². The van der Waals surface area contributed by atoms with Crippen LogP contribution in [0.1, 0.15) is 64.2 Å². The van der Waals surface area contributed by atoms with Gasteiger partial charge in [0.15, 0.2) is 18.0 Å². The normalized spacial score (nSPS) is 43.3. The highest BCUT2D eigenvalue weighted by Gasteiger charge is 2.91. The molecule has 11 nitrogen and oxygen atoms in total. The fourth-order valence-corrected chi connectivity index (χ4v) is 10.6. The summed E-state index contributed by atoms with van der Waals surface area (Å²) in [6, 6.07) is 8.05. The molecule has 2 aromatic rings. The first kappa shape index (κ1) is 29.4. The lowest BCUT2D eigenvalue weighted by molar-refractivity contribution is -0.255. The summed E-state index contributed by atoms with van der Waals surface area (Å²) in [5.41, 5.74) is -3.91. The topological polar surface area (TPSA) is 151 Å². The van der Waals surface area contributed by atoms with Crippen LogP contribution in [0.5, 0.6) is 5.75 Å². The number of ketones is 1. The molecule has 0 bridgehead atoms. The van der Waals surface area contributed by atoms with E-state index >= 15 is 4.79 Å². The lowest BCUT2D eigenvalue weighted by Crippen LogP contribution is -2.76. The second-order valence-corrected chi connectivity index (χ2v) is 14.7. The number of fused-ring (bicyclic) bond motifs is 1. The number of hydrogen-bond acceptors (Lipinski definition) is 11. The van der Waals surface area contributed by atoms with Gasteiger partial charge >= 0.3 is 17.9 Å². The Hall–Kier alpha value is -3.96. The predicted octanol–water partition coefficient (Wildman–Crippen LogP) is 4.08. The van der Waals surface area contributed by atoms with Crippen LogP contribution in [-0.4, -0.2) is 64.9 Å². The van der Waals surface area contributed by atoms with Crippen LogP contribution in [0.4, 0.5) is 0 Å². The van der Waals surface area contributed by atoms with Crippen molar-refractivity contribution < 1.29 is 52.4 Å². The second-order valence-electron chi connectivity index (χ2n) is 14.7. The molecule has 11 heteroatoms. The van der Waals surface area contributed by atoms with E-state index < -0.39 is 81.6 Å². The maximum absolute atomic E-state index is 15.1. The highest BCUT2D eigenvalue weighted by molar-refractivity contribution is 5.96. The van der Waals surface area contributed by atoms with E-state index in [4.69, 9.17) is 28.1 Å². The van der Waals surface area contributed by atoms with Gasteiger partial charge in [-0.1, -0.05) is 26.0 Å². The predicted molar refractivity (Wildman–Crippen MR) is 157 cm³/mol. The zero-order valence-corrected chi connectivity index (χ0v) is 26.0. The van der Waals surface area contributed by atoms with Gasteiger partial charge in [-0.15, -0.1) is 0 Å². The molecule has 6 fully saturated rings. The third-order valence-electron chi connectivity index (χ3n) is 12.2. The number of aromatic hydroxyl groups is 1. The Labute approximate surface area is 265 Å². The Balaban J connectivity index is 1.28. The number of ether oxygens (including phenoxy) is 5. The van der Waals surface area contributed by atoms with Crippen LogP contribution in [0, 0.1) is 28.1 Å². The molecular weight excluding hydrogens is 596 g/mol. The number of benzene rings is 1. The highest BCUT2D eigenvalue weighted by Crippen LogP contribution is 2.80. The Morgan fingerprint density at radius 2 is 1.78 bits per heavy atom. The van der Waals surface area contributed by atoms with E-state index in [9.17, 15) is 19.5 Å². The zero-order chi connectivity index (χ0) is 32.4. The molecule has 242 valence electrons. The molecule has 0 amide bonds. The van der Waals surface area contributed by atoms with Crippen molar-refractivity contribution in [2.24, 2.45) is 28.1 Å². The minimum atomic E-state index is -1.31. The average Bonchev–Trinajstić information content (AvgIpc) is 3.48. The van der Waals surface area contributed by atoms with Crippen LogP contribution in [0.2, 0.25) is 0 Å². The highest BCUT2D eigenvalue weighted by atomic mass is 16.7. The van der Waals surface area contributed by atoms with Gasteiger partial charge in [-0.2, -0.15) is 0 Å². The van der Waals surface area contributed by atoms with Gasteiger partial charge < -0.3 is 33.2 Å². The van der Waals surface area contributed by atoms with Gasteiger partial charge in [-0.3, -0.25) is 9.59 Å². The van der Waals surface area contributed by atoms with Gasteiger partial charge in [0, 0.05) is 27.9 Å². The van der Waals surface area contributed by atoms with Crippen molar-refractivity contribution in [3.05, 3.63) is 60.1 Å². The van der Waals surface area contributed by atoms with Crippen molar-refractivity contribution in [1.82, 2.24) is 0 Å². The molecule has 4 aliphatic heterocycles. The maximum Gasteiger partial charge on any atom is 0.339 e. The Morgan fingerprint density at radius 1 is 1.02 bits per heavy atom. The first-order chi connectivity index (χ1) is 21.8. The first-order valence-corrected chi connectivity index (χ1v) is 15.7. The number of carbonyl (C=O) groups is 4. The third kappa shape index (κ3) is 3.50. The molecule has 4 saturated heterocycles. The second kappa shape index (κ2) is 9.32. The minimum Gasteiger partial charge on any atom is -0.508 e. The number of phenols is 1. The van der Waals surface area contributed by atoms with Crippen molar-refractivity contribution in [3.8, 4) is 5.75 Å². The quantitative estimate of drug-likeness (QED) is 0.225. The van der Waals surface area contributed by atoms with E-state index in [0.29, 0.717) is 24.0 Å². The summed E-state index contributed by atoms with van der Waals surface area (Å²) in [6.07, 6.45) is 3.31. The van der Waals surface area contributed by atoms with Crippen molar-refractivity contribution in [1.29, 1.82) is 0 Å². The number of Topliss-reactive ketones (excluding diaryl/α,β-unsaturated/α-hetero) is 1. The molecule has 1 aromatic carbocycles. The van der Waals surface area contributed by atoms with Crippen molar-refractivity contribution in [2.75, 3.05) is 6.61 Å². The summed E-state index contributed by atoms with van der Waals surface area (Å²) in [5, 5.41) is 9.63. The number of esters is 3. The fourth-order valence-electron chi connectivity index (χ4n) is 10.6. The van der Waals surface area contributed by atoms with E-state index in [1.807, 2.05) is 27.7 Å². The fraction of sp³-hybridized carbons (Fsp3) is 0.543. The number of carbonyl (C=O) groups excluding carboxylic acids is 4.